The van der Waals surface area contributed by atoms with E-state index in [1.807, 2.05) is 0 Å². The molecule has 0 aliphatic heterocycles. The Kier molecular flexibility index (Phi) is 4.67. The van der Waals surface area contributed by atoms with Crippen molar-refractivity contribution in [2.45, 2.75) is 31.7 Å². The third-order valence-corrected chi connectivity index (χ3v) is 4.40. The van der Waals surface area contributed by atoms with Crippen LogP contribution in [0.25, 0.3) is 0 Å². The molecule has 6 nitrogen and oxygen atoms in total. The monoisotopic (exact) mass is 287 g/mol. The molecule has 0 saturated carbocycles. The molecule has 1 rings (SSSR count). The number of sulfonamides is 1. The molecule has 7 heteroatoms. The molecule has 1 aromatic carbocycles. The topological polar surface area (TPSA) is 104 Å². The summed E-state index contributed by atoms with van der Waals surface area (Å²) in [5, 5.41) is 17.9. The van der Waals surface area contributed by atoms with Gasteiger partial charge >= 0.3 is 5.97 Å². The van der Waals surface area contributed by atoms with E-state index < -0.39 is 22.0 Å². The molecule has 0 spiro atoms. The van der Waals surface area contributed by atoms with Crippen LogP contribution in [0.2, 0.25) is 0 Å². The number of hydrogen-bond donors (Lipinski definition) is 3. The summed E-state index contributed by atoms with van der Waals surface area (Å²) in [5.41, 5.74) is 0.905. The summed E-state index contributed by atoms with van der Waals surface area (Å²) in [4.78, 5) is 10.9. The Labute approximate surface area is 112 Å². The normalized spacial score (nSPS) is 13.3. The first-order valence-electron chi connectivity index (χ1n) is 5.66. The highest BCUT2D eigenvalue weighted by Crippen LogP contribution is 2.20. The number of hydrogen-bond acceptors (Lipinski definition) is 4. The molecule has 19 heavy (non-hydrogen) atoms. The molecule has 0 bridgehead atoms. The zero-order valence-electron chi connectivity index (χ0n) is 11.0. The van der Waals surface area contributed by atoms with Gasteiger partial charge in [-0.05, 0) is 38.0 Å². The number of aryl methyl sites for hydroxylation is 2. The van der Waals surface area contributed by atoms with E-state index in [0.717, 1.165) is 6.07 Å². The van der Waals surface area contributed by atoms with Gasteiger partial charge in [-0.15, -0.1) is 0 Å². The highest BCUT2D eigenvalue weighted by atomic mass is 32.2. The largest absolute Gasteiger partial charge is 0.478 e. The predicted molar refractivity (Wildman–Crippen MR) is 69.7 cm³/mol. The lowest BCUT2D eigenvalue weighted by molar-refractivity contribution is 0.0696. The molecule has 0 aromatic heterocycles. The molecule has 106 valence electrons. The minimum Gasteiger partial charge on any atom is -0.478 e. The van der Waals surface area contributed by atoms with Gasteiger partial charge in [-0.2, -0.15) is 0 Å². The lowest BCUT2D eigenvalue weighted by Crippen LogP contribution is -2.35. The summed E-state index contributed by atoms with van der Waals surface area (Å²) in [7, 11) is -3.85. The molecule has 0 aliphatic rings. The van der Waals surface area contributed by atoms with Crippen LogP contribution in [0.5, 0.6) is 0 Å². The van der Waals surface area contributed by atoms with Crippen molar-refractivity contribution in [3.63, 3.8) is 0 Å². The molecule has 1 aromatic rings. The van der Waals surface area contributed by atoms with E-state index in [4.69, 9.17) is 10.2 Å². The minimum atomic E-state index is -3.85. The fraction of sp³-hybridized carbons (Fsp3) is 0.417. The molecule has 0 heterocycles. The van der Waals surface area contributed by atoms with Crippen LogP contribution >= 0.6 is 0 Å². The van der Waals surface area contributed by atoms with E-state index in [1.165, 1.54) is 13.0 Å². The maximum atomic E-state index is 12.1. The second kappa shape index (κ2) is 5.68. The molecule has 0 radical (unpaired) electrons. The fourth-order valence-electron chi connectivity index (χ4n) is 1.72. The van der Waals surface area contributed by atoms with Gasteiger partial charge in [0.05, 0.1) is 17.1 Å². The van der Waals surface area contributed by atoms with Gasteiger partial charge in [0, 0.05) is 6.04 Å². The minimum absolute atomic E-state index is 0.0531. The second-order valence-corrected chi connectivity index (χ2v) is 6.13. The van der Waals surface area contributed by atoms with Crippen LogP contribution < -0.4 is 4.72 Å². The number of carboxylic acids is 1. The number of nitrogens with one attached hydrogen (secondary N) is 1. The first-order valence-corrected chi connectivity index (χ1v) is 7.15. The Hall–Kier alpha value is -1.44. The van der Waals surface area contributed by atoms with Crippen LogP contribution in [-0.2, 0) is 10.0 Å². The number of rotatable bonds is 5. The number of aliphatic hydroxyl groups excluding tert-OH is 1. The number of benzene rings is 1. The highest BCUT2D eigenvalue weighted by Gasteiger charge is 2.22. The van der Waals surface area contributed by atoms with Crippen molar-refractivity contribution < 1.29 is 23.4 Å². The van der Waals surface area contributed by atoms with Gasteiger partial charge in [-0.3, -0.25) is 0 Å². The van der Waals surface area contributed by atoms with Crippen LogP contribution in [0.15, 0.2) is 17.0 Å². The van der Waals surface area contributed by atoms with Crippen molar-refractivity contribution in [3.8, 4) is 0 Å². The first kappa shape index (κ1) is 15.6. The molecule has 0 unspecified atom stereocenters. The van der Waals surface area contributed by atoms with Crippen LogP contribution in [0.1, 0.15) is 28.4 Å². The Morgan fingerprint density at radius 1 is 1.32 bits per heavy atom. The lowest BCUT2D eigenvalue weighted by Gasteiger charge is -2.14. The predicted octanol–water partition coefficient (Wildman–Crippen LogP) is 0.661. The third kappa shape index (κ3) is 3.52. The molecular formula is C12H17NO5S. The Morgan fingerprint density at radius 3 is 2.37 bits per heavy atom. The van der Waals surface area contributed by atoms with Gasteiger partial charge in [-0.25, -0.2) is 17.9 Å². The van der Waals surface area contributed by atoms with E-state index in [1.54, 1.807) is 13.8 Å². The van der Waals surface area contributed by atoms with E-state index in [2.05, 4.69) is 4.72 Å². The van der Waals surface area contributed by atoms with Crippen molar-refractivity contribution in [1.29, 1.82) is 0 Å². The average molecular weight is 287 g/mol. The lowest BCUT2D eigenvalue weighted by atomic mass is 10.1. The van der Waals surface area contributed by atoms with Crippen LogP contribution in [-0.4, -0.2) is 37.2 Å². The molecule has 0 amide bonds. The van der Waals surface area contributed by atoms with Crippen molar-refractivity contribution in [3.05, 3.63) is 28.8 Å². The number of aromatic carboxylic acids is 1. The molecule has 3 N–H and O–H groups in total. The molecule has 0 fully saturated rings. The molecular weight excluding hydrogens is 270 g/mol. The SMILES string of the molecule is Cc1cc(C)c(S(=O)(=O)N[C@H](C)CO)cc1C(=O)O. The summed E-state index contributed by atoms with van der Waals surface area (Å²) in [6, 6.07) is 2.01. The van der Waals surface area contributed by atoms with Crippen molar-refractivity contribution in [1.82, 2.24) is 4.72 Å². The van der Waals surface area contributed by atoms with E-state index >= 15 is 0 Å². The molecule has 0 saturated heterocycles. The number of carboxylic acid groups (broad SMARTS) is 1. The Morgan fingerprint density at radius 2 is 1.89 bits per heavy atom. The van der Waals surface area contributed by atoms with Gasteiger partial charge in [0.2, 0.25) is 10.0 Å². The van der Waals surface area contributed by atoms with Gasteiger partial charge < -0.3 is 10.2 Å². The third-order valence-electron chi connectivity index (χ3n) is 2.67. The number of carbonyl (C=O) groups is 1. The second-order valence-electron chi connectivity index (χ2n) is 4.44. The summed E-state index contributed by atoms with van der Waals surface area (Å²) < 4.78 is 26.5. The molecule has 1 atom stereocenters. The quantitative estimate of drug-likeness (QED) is 0.738. The van der Waals surface area contributed by atoms with Gasteiger partial charge in [0.15, 0.2) is 0 Å². The fourth-order valence-corrected chi connectivity index (χ4v) is 3.20. The summed E-state index contributed by atoms with van der Waals surface area (Å²) in [6.07, 6.45) is 0. The Balaban J connectivity index is 3.34. The summed E-state index contributed by atoms with van der Waals surface area (Å²) in [6.45, 7) is 4.38. The van der Waals surface area contributed by atoms with Gasteiger partial charge in [0.1, 0.15) is 0 Å². The zero-order valence-corrected chi connectivity index (χ0v) is 11.8. The van der Waals surface area contributed by atoms with Crippen molar-refractivity contribution >= 4 is 16.0 Å². The highest BCUT2D eigenvalue weighted by molar-refractivity contribution is 7.89. The van der Waals surface area contributed by atoms with Crippen LogP contribution in [0.3, 0.4) is 0 Å². The Bertz CT molecular complexity index is 594. The van der Waals surface area contributed by atoms with Gasteiger partial charge in [-0.1, -0.05) is 6.07 Å². The average Bonchev–Trinajstić information content (AvgIpc) is 2.27. The van der Waals surface area contributed by atoms with E-state index in [9.17, 15) is 13.2 Å². The van der Waals surface area contributed by atoms with Gasteiger partial charge in [0.25, 0.3) is 0 Å². The standard InChI is InChI=1S/C12H17NO5S/c1-7-4-8(2)11(5-10(7)12(15)16)19(17,18)13-9(3)6-14/h4-5,9,13-14H,6H2,1-3H3,(H,15,16)/t9-/m1/s1. The summed E-state index contributed by atoms with van der Waals surface area (Å²) >= 11 is 0. The number of aliphatic hydroxyl groups is 1. The van der Waals surface area contributed by atoms with E-state index in [0.29, 0.717) is 11.1 Å². The first-order chi connectivity index (χ1) is 8.69. The van der Waals surface area contributed by atoms with Crippen molar-refractivity contribution in [2.75, 3.05) is 6.61 Å². The van der Waals surface area contributed by atoms with Crippen LogP contribution in [0.4, 0.5) is 0 Å². The van der Waals surface area contributed by atoms with Crippen LogP contribution in [0, 0.1) is 13.8 Å². The maximum Gasteiger partial charge on any atom is 0.335 e. The maximum absolute atomic E-state index is 12.1. The van der Waals surface area contributed by atoms with E-state index in [-0.39, 0.29) is 17.1 Å². The zero-order chi connectivity index (χ0) is 14.8. The summed E-state index contributed by atoms with van der Waals surface area (Å²) in [5.74, 6) is -1.18. The smallest absolute Gasteiger partial charge is 0.335 e. The van der Waals surface area contributed by atoms with Crippen molar-refractivity contribution in [2.24, 2.45) is 0 Å². The molecule has 0 aliphatic carbocycles.